The zero-order valence-corrected chi connectivity index (χ0v) is 17.5. The summed E-state index contributed by atoms with van der Waals surface area (Å²) in [5.41, 5.74) is 1.59. The molecule has 0 bridgehead atoms. The van der Waals surface area contributed by atoms with Crippen LogP contribution in [-0.2, 0) is 4.74 Å². The van der Waals surface area contributed by atoms with E-state index in [0.29, 0.717) is 28.2 Å². The molecule has 0 N–H and O–H groups in total. The number of carbonyl (C=O) groups is 1. The van der Waals surface area contributed by atoms with Gasteiger partial charge in [-0.15, -0.1) is 11.3 Å². The van der Waals surface area contributed by atoms with Gasteiger partial charge >= 0.3 is 5.97 Å². The van der Waals surface area contributed by atoms with Crippen LogP contribution >= 0.6 is 34.5 Å². The fraction of sp³-hybridized carbons (Fsp3) is 0.316. The van der Waals surface area contributed by atoms with Crippen molar-refractivity contribution in [3.8, 4) is 0 Å². The maximum absolute atomic E-state index is 12.4. The minimum Gasteiger partial charge on any atom is -0.462 e. The van der Waals surface area contributed by atoms with Gasteiger partial charge in [-0.2, -0.15) is 4.98 Å². The summed E-state index contributed by atoms with van der Waals surface area (Å²) >= 11 is 13.6. The third-order valence-electron chi connectivity index (χ3n) is 4.64. The fourth-order valence-corrected chi connectivity index (χ4v) is 4.64. The van der Waals surface area contributed by atoms with Crippen LogP contribution in [0.25, 0.3) is 10.2 Å². The van der Waals surface area contributed by atoms with Crippen molar-refractivity contribution in [2.45, 2.75) is 6.92 Å². The van der Waals surface area contributed by atoms with Crippen LogP contribution in [0.2, 0.25) is 10.3 Å². The van der Waals surface area contributed by atoms with E-state index >= 15 is 0 Å². The van der Waals surface area contributed by atoms with Crippen LogP contribution in [0.5, 0.6) is 0 Å². The maximum atomic E-state index is 12.4. The molecule has 0 atom stereocenters. The van der Waals surface area contributed by atoms with E-state index in [1.807, 2.05) is 18.2 Å². The third kappa shape index (κ3) is 3.74. The highest BCUT2D eigenvalue weighted by molar-refractivity contribution is 7.17. The highest BCUT2D eigenvalue weighted by Gasteiger charge is 2.25. The molecule has 6 nitrogen and oxygen atoms in total. The van der Waals surface area contributed by atoms with E-state index in [1.165, 1.54) is 11.3 Å². The maximum Gasteiger partial charge on any atom is 0.339 e. The van der Waals surface area contributed by atoms with Crippen molar-refractivity contribution in [3.05, 3.63) is 45.5 Å². The summed E-state index contributed by atoms with van der Waals surface area (Å²) < 4.78 is 5.19. The number of aromatic nitrogens is 2. The lowest BCUT2D eigenvalue weighted by Gasteiger charge is -2.37. The Morgan fingerprint density at radius 1 is 1.18 bits per heavy atom. The number of nitrogens with zero attached hydrogens (tertiary/aromatic N) is 4. The Morgan fingerprint density at radius 2 is 1.93 bits per heavy atom. The van der Waals surface area contributed by atoms with E-state index in [1.54, 1.807) is 12.3 Å². The van der Waals surface area contributed by atoms with Crippen molar-refractivity contribution >= 4 is 62.2 Å². The first-order valence-corrected chi connectivity index (χ1v) is 10.6. The molecule has 28 heavy (non-hydrogen) atoms. The number of hydrogen-bond donors (Lipinski definition) is 0. The minimum atomic E-state index is -0.363. The zero-order chi connectivity index (χ0) is 19.7. The second-order valence-corrected chi connectivity index (χ2v) is 7.95. The predicted molar refractivity (Wildman–Crippen MR) is 114 cm³/mol. The zero-order valence-electron chi connectivity index (χ0n) is 15.2. The Morgan fingerprint density at radius 3 is 2.64 bits per heavy atom. The van der Waals surface area contributed by atoms with Crippen molar-refractivity contribution in [1.82, 2.24) is 9.97 Å². The van der Waals surface area contributed by atoms with Crippen LogP contribution in [0.15, 0.2) is 29.6 Å². The molecule has 1 aliphatic heterocycles. The summed E-state index contributed by atoms with van der Waals surface area (Å²) in [5.74, 6) is 0.323. The van der Waals surface area contributed by atoms with Gasteiger partial charge in [-0.05, 0) is 36.7 Å². The smallest absolute Gasteiger partial charge is 0.339 e. The number of anilines is 2. The molecule has 3 aromatic rings. The first-order valence-electron chi connectivity index (χ1n) is 8.94. The van der Waals surface area contributed by atoms with E-state index in [0.717, 1.165) is 36.9 Å². The monoisotopic (exact) mass is 436 g/mol. The van der Waals surface area contributed by atoms with Crippen molar-refractivity contribution in [3.63, 3.8) is 0 Å². The molecule has 0 spiro atoms. The summed E-state index contributed by atoms with van der Waals surface area (Å²) in [6, 6.07) is 7.84. The number of piperazine rings is 1. The summed E-state index contributed by atoms with van der Waals surface area (Å²) in [5, 5.41) is 3.38. The van der Waals surface area contributed by atoms with E-state index in [4.69, 9.17) is 27.9 Å². The van der Waals surface area contributed by atoms with Crippen molar-refractivity contribution in [2.24, 2.45) is 0 Å². The van der Waals surface area contributed by atoms with E-state index in [9.17, 15) is 4.79 Å². The minimum absolute atomic E-state index is 0.178. The summed E-state index contributed by atoms with van der Waals surface area (Å²) in [6.45, 7) is 5.21. The molecule has 1 aliphatic rings. The molecule has 0 aliphatic carbocycles. The number of carbonyl (C=O) groups excluding carboxylic acids is 1. The molecule has 0 radical (unpaired) electrons. The predicted octanol–water partition coefficient (Wildman–Crippen LogP) is 4.50. The van der Waals surface area contributed by atoms with Gasteiger partial charge in [0.25, 0.3) is 0 Å². The van der Waals surface area contributed by atoms with Crippen LogP contribution in [0.3, 0.4) is 0 Å². The molecule has 0 unspecified atom stereocenters. The fourth-order valence-electron chi connectivity index (χ4n) is 3.34. The van der Waals surface area contributed by atoms with Crippen molar-refractivity contribution in [2.75, 3.05) is 42.6 Å². The van der Waals surface area contributed by atoms with Gasteiger partial charge in [-0.1, -0.05) is 17.7 Å². The molecule has 0 saturated carbocycles. The lowest BCUT2D eigenvalue weighted by atomic mass is 10.2. The van der Waals surface area contributed by atoms with E-state index in [2.05, 4.69) is 25.8 Å². The van der Waals surface area contributed by atoms with Gasteiger partial charge in [-0.3, -0.25) is 0 Å². The lowest BCUT2D eigenvalue weighted by molar-refractivity contribution is 0.0529. The van der Waals surface area contributed by atoms with Crippen LogP contribution in [-0.4, -0.2) is 48.7 Å². The van der Waals surface area contributed by atoms with Gasteiger partial charge in [-0.25, -0.2) is 9.78 Å². The quantitative estimate of drug-likeness (QED) is 0.443. The molecule has 1 saturated heterocycles. The molecular formula is C19H18Cl2N4O2S. The number of esters is 1. The van der Waals surface area contributed by atoms with Gasteiger partial charge in [0.05, 0.1) is 17.6 Å². The molecule has 1 aromatic carbocycles. The second-order valence-electron chi connectivity index (χ2n) is 6.32. The number of benzene rings is 1. The Bertz CT molecular complexity index is 1020. The van der Waals surface area contributed by atoms with Gasteiger partial charge in [0.15, 0.2) is 0 Å². The Labute approximate surface area is 176 Å². The highest BCUT2D eigenvalue weighted by atomic mass is 35.5. The number of ether oxygens (including phenoxy) is 1. The molecule has 2 aromatic heterocycles. The van der Waals surface area contributed by atoms with Crippen LogP contribution in [0, 0.1) is 0 Å². The molecular weight excluding hydrogens is 419 g/mol. The van der Waals surface area contributed by atoms with Crippen molar-refractivity contribution < 1.29 is 9.53 Å². The van der Waals surface area contributed by atoms with Crippen molar-refractivity contribution in [1.29, 1.82) is 0 Å². The van der Waals surface area contributed by atoms with Crippen LogP contribution in [0.4, 0.5) is 11.5 Å². The number of hydrogen-bond acceptors (Lipinski definition) is 7. The Balaban J connectivity index is 1.62. The molecule has 4 rings (SSSR count). The summed E-state index contributed by atoms with van der Waals surface area (Å²) in [7, 11) is 0. The third-order valence-corrected chi connectivity index (χ3v) is 5.91. The van der Waals surface area contributed by atoms with Gasteiger partial charge in [0, 0.05) is 42.3 Å². The summed E-state index contributed by atoms with van der Waals surface area (Å²) in [4.78, 5) is 26.2. The standard InChI is InChI=1S/C19H18Cl2N4O2S/c1-2-27-18(26)14-11-28-17-15(14)16(22-19(21)23-17)25-8-6-24(7-9-25)13-5-3-4-12(20)10-13/h3-5,10-11H,2,6-9H2,1H3. The molecule has 9 heteroatoms. The van der Waals surface area contributed by atoms with E-state index in [-0.39, 0.29) is 11.3 Å². The Kier molecular flexibility index (Phi) is 5.57. The second kappa shape index (κ2) is 8.11. The van der Waals surface area contributed by atoms with Gasteiger partial charge < -0.3 is 14.5 Å². The van der Waals surface area contributed by atoms with E-state index < -0.39 is 0 Å². The number of halogens is 2. The lowest BCUT2D eigenvalue weighted by Crippen LogP contribution is -2.47. The number of thiophene rings is 1. The number of fused-ring (bicyclic) bond motifs is 1. The van der Waals surface area contributed by atoms with Gasteiger partial charge in [0.2, 0.25) is 5.28 Å². The van der Waals surface area contributed by atoms with Crippen LogP contribution < -0.4 is 9.80 Å². The topological polar surface area (TPSA) is 58.6 Å². The van der Waals surface area contributed by atoms with Gasteiger partial charge in [0.1, 0.15) is 10.6 Å². The first-order chi connectivity index (χ1) is 13.6. The average Bonchev–Trinajstić information content (AvgIpc) is 3.11. The molecule has 146 valence electrons. The van der Waals surface area contributed by atoms with Crippen LogP contribution in [0.1, 0.15) is 17.3 Å². The molecule has 1 fully saturated rings. The largest absolute Gasteiger partial charge is 0.462 e. The SMILES string of the molecule is CCOC(=O)c1csc2nc(Cl)nc(N3CCN(c4cccc(Cl)c4)CC3)c12. The Hall–Kier alpha value is -2.09. The molecule has 0 amide bonds. The normalized spacial score (nSPS) is 14.5. The number of rotatable bonds is 4. The average molecular weight is 437 g/mol. The first kappa shape index (κ1) is 19.2. The highest BCUT2D eigenvalue weighted by Crippen LogP contribution is 2.34. The molecule has 3 heterocycles. The summed E-state index contributed by atoms with van der Waals surface area (Å²) in [6.07, 6.45) is 0.